The molecule has 4 nitrogen and oxygen atoms in total. The average molecular weight is 281 g/mol. The quantitative estimate of drug-likeness (QED) is 0.392. The second-order valence-corrected chi connectivity index (χ2v) is 5.20. The summed E-state index contributed by atoms with van der Waals surface area (Å²) in [5, 5.41) is 30.5. The molecule has 0 aliphatic heterocycles. The highest BCUT2D eigenvalue weighted by molar-refractivity contribution is 5.35. The van der Waals surface area contributed by atoms with Gasteiger partial charge in [0.1, 0.15) is 12.0 Å². The molecule has 1 atom stereocenters. The van der Waals surface area contributed by atoms with Crippen LogP contribution >= 0.6 is 0 Å². The Hall–Kier alpha value is -1.10. The summed E-state index contributed by atoms with van der Waals surface area (Å²) in [6.07, 6.45) is 6.22. The van der Waals surface area contributed by atoms with E-state index in [1.165, 1.54) is 31.2 Å². The monoisotopic (exact) mass is 281 g/mol. The minimum atomic E-state index is -0.922. The first kappa shape index (κ1) is 17.0. The van der Waals surface area contributed by atoms with Crippen molar-refractivity contribution in [3.63, 3.8) is 0 Å². The summed E-state index contributed by atoms with van der Waals surface area (Å²) in [5.74, 6) is 0.232. The Morgan fingerprint density at radius 1 is 1.10 bits per heavy atom. The van der Waals surface area contributed by atoms with Crippen LogP contribution in [0.15, 0.2) is 18.2 Å². The molecule has 1 aromatic rings. The van der Waals surface area contributed by atoms with Crippen LogP contribution in [0.1, 0.15) is 50.2 Å². The van der Waals surface area contributed by atoms with Gasteiger partial charge in [0.2, 0.25) is 0 Å². The number of benzene rings is 1. The van der Waals surface area contributed by atoms with E-state index < -0.39 is 6.23 Å². The van der Waals surface area contributed by atoms with E-state index in [9.17, 15) is 10.2 Å². The van der Waals surface area contributed by atoms with Crippen molar-refractivity contribution >= 4 is 0 Å². The summed E-state index contributed by atoms with van der Waals surface area (Å²) in [4.78, 5) is 0. The zero-order chi connectivity index (χ0) is 14.8. The SMILES string of the molecule is CCCCCCCc1ccc(O)cc1CNC(O)CO. The van der Waals surface area contributed by atoms with Crippen molar-refractivity contribution in [1.82, 2.24) is 5.32 Å². The first-order chi connectivity index (χ1) is 9.67. The average Bonchev–Trinajstić information content (AvgIpc) is 2.46. The molecule has 0 aliphatic rings. The van der Waals surface area contributed by atoms with Crippen molar-refractivity contribution in [3.8, 4) is 5.75 Å². The highest BCUT2D eigenvalue weighted by atomic mass is 16.3. The Morgan fingerprint density at radius 3 is 2.55 bits per heavy atom. The molecule has 0 saturated heterocycles. The van der Waals surface area contributed by atoms with Crippen LogP contribution in [0.3, 0.4) is 0 Å². The molecule has 4 heteroatoms. The van der Waals surface area contributed by atoms with Gasteiger partial charge < -0.3 is 15.3 Å². The number of unbranched alkanes of at least 4 members (excludes halogenated alkanes) is 4. The van der Waals surface area contributed by atoms with Gasteiger partial charge >= 0.3 is 0 Å². The van der Waals surface area contributed by atoms with Crippen LogP contribution in [-0.2, 0) is 13.0 Å². The van der Waals surface area contributed by atoms with Gasteiger partial charge in [-0.3, -0.25) is 5.32 Å². The Labute approximate surface area is 121 Å². The first-order valence-electron chi connectivity index (χ1n) is 7.50. The summed E-state index contributed by atoms with van der Waals surface area (Å²) in [6.45, 7) is 2.34. The van der Waals surface area contributed by atoms with Crippen molar-refractivity contribution in [3.05, 3.63) is 29.3 Å². The van der Waals surface area contributed by atoms with Crippen LogP contribution in [0.2, 0.25) is 0 Å². The van der Waals surface area contributed by atoms with Crippen molar-refractivity contribution in [2.45, 2.75) is 58.2 Å². The van der Waals surface area contributed by atoms with Crippen LogP contribution in [-0.4, -0.2) is 28.2 Å². The predicted molar refractivity (Wildman–Crippen MR) is 80.5 cm³/mol. The van der Waals surface area contributed by atoms with E-state index in [1.807, 2.05) is 6.07 Å². The molecule has 1 unspecified atom stereocenters. The molecule has 0 amide bonds. The third kappa shape index (κ3) is 6.37. The van der Waals surface area contributed by atoms with E-state index in [0.29, 0.717) is 6.54 Å². The molecule has 0 aliphatic carbocycles. The second-order valence-electron chi connectivity index (χ2n) is 5.20. The summed E-state index contributed by atoms with van der Waals surface area (Å²) in [6, 6.07) is 5.36. The molecule has 1 aromatic carbocycles. The summed E-state index contributed by atoms with van der Waals surface area (Å²) < 4.78 is 0. The molecule has 20 heavy (non-hydrogen) atoms. The second kappa shape index (κ2) is 9.75. The predicted octanol–water partition coefficient (Wildman–Crippen LogP) is 2.31. The lowest BCUT2D eigenvalue weighted by atomic mass is 10.00. The highest BCUT2D eigenvalue weighted by Gasteiger charge is 2.06. The van der Waals surface area contributed by atoms with Crippen LogP contribution < -0.4 is 5.32 Å². The number of aryl methyl sites for hydroxylation is 1. The first-order valence-corrected chi connectivity index (χ1v) is 7.50. The number of aliphatic hydroxyl groups excluding tert-OH is 2. The van der Waals surface area contributed by atoms with Crippen molar-refractivity contribution in [1.29, 1.82) is 0 Å². The molecule has 0 spiro atoms. The topological polar surface area (TPSA) is 72.7 Å². The fraction of sp³-hybridized carbons (Fsp3) is 0.625. The molecule has 1 rings (SSSR count). The Bertz CT molecular complexity index is 382. The lowest BCUT2D eigenvalue weighted by Crippen LogP contribution is -2.31. The molecule has 0 saturated carbocycles. The zero-order valence-corrected chi connectivity index (χ0v) is 12.3. The molecule has 114 valence electrons. The maximum atomic E-state index is 9.56. The van der Waals surface area contributed by atoms with Crippen molar-refractivity contribution < 1.29 is 15.3 Å². The van der Waals surface area contributed by atoms with Gasteiger partial charge in [0, 0.05) is 6.54 Å². The van der Waals surface area contributed by atoms with E-state index >= 15 is 0 Å². The van der Waals surface area contributed by atoms with E-state index in [4.69, 9.17) is 5.11 Å². The van der Waals surface area contributed by atoms with Crippen LogP contribution in [0, 0.1) is 0 Å². The van der Waals surface area contributed by atoms with E-state index in [0.717, 1.165) is 18.4 Å². The minimum Gasteiger partial charge on any atom is -0.508 e. The number of hydrogen-bond acceptors (Lipinski definition) is 4. The standard InChI is InChI=1S/C16H27NO3/c1-2-3-4-5-6-7-13-8-9-15(19)10-14(13)11-17-16(20)12-18/h8-10,16-20H,2-7,11-12H2,1H3. The minimum absolute atomic E-state index is 0.232. The Morgan fingerprint density at radius 2 is 1.85 bits per heavy atom. The lowest BCUT2D eigenvalue weighted by molar-refractivity contribution is 0.0665. The van der Waals surface area contributed by atoms with E-state index in [1.54, 1.807) is 12.1 Å². The van der Waals surface area contributed by atoms with E-state index in [2.05, 4.69) is 12.2 Å². The number of aromatic hydroxyl groups is 1. The summed E-state index contributed by atoms with van der Waals surface area (Å²) >= 11 is 0. The normalized spacial score (nSPS) is 12.6. The van der Waals surface area contributed by atoms with E-state index in [-0.39, 0.29) is 12.4 Å². The molecular formula is C16H27NO3. The van der Waals surface area contributed by atoms with Gasteiger partial charge in [0.25, 0.3) is 0 Å². The van der Waals surface area contributed by atoms with Gasteiger partial charge in [-0.15, -0.1) is 0 Å². The third-order valence-corrected chi connectivity index (χ3v) is 3.44. The largest absolute Gasteiger partial charge is 0.508 e. The summed E-state index contributed by atoms with van der Waals surface area (Å²) in [7, 11) is 0. The van der Waals surface area contributed by atoms with Gasteiger partial charge in [0.15, 0.2) is 0 Å². The van der Waals surface area contributed by atoms with Gasteiger partial charge in [-0.2, -0.15) is 0 Å². The number of rotatable bonds is 10. The maximum absolute atomic E-state index is 9.56. The lowest BCUT2D eigenvalue weighted by Gasteiger charge is -2.14. The molecule has 0 bridgehead atoms. The van der Waals surface area contributed by atoms with Gasteiger partial charge in [-0.25, -0.2) is 0 Å². The van der Waals surface area contributed by atoms with Gasteiger partial charge in [-0.05, 0) is 36.1 Å². The van der Waals surface area contributed by atoms with Gasteiger partial charge in [0.05, 0.1) is 6.61 Å². The smallest absolute Gasteiger partial charge is 0.128 e. The Kier molecular flexibility index (Phi) is 8.26. The molecule has 4 N–H and O–H groups in total. The Balaban J connectivity index is 2.51. The van der Waals surface area contributed by atoms with Crippen molar-refractivity contribution in [2.24, 2.45) is 0 Å². The molecule has 0 fully saturated rings. The number of aliphatic hydroxyl groups is 2. The fourth-order valence-electron chi connectivity index (χ4n) is 2.23. The van der Waals surface area contributed by atoms with Crippen LogP contribution in [0.4, 0.5) is 0 Å². The molecule has 0 aromatic heterocycles. The fourth-order valence-corrected chi connectivity index (χ4v) is 2.23. The maximum Gasteiger partial charge on any atom is 0.128 e. The van der Waals surface area contributed by atoms with Crippen molar-refractivity contribution in [2.75, 3.05) is 6.61 Å². The molecule has 0 heterocycles. The summed E-state index contributed by atoms with van der Waals surface area (Å²) in [5.41, 5.74) is 2.17. The third-order valence-electron chi connectivity index (χ3n) is 3.44. The molecule has 0 radical (unpaired) electrons. The number of nitrogens with one attached hydrogen (secondary N) is 1. The van der Waals surface area contributed by atoms with Crippen LogP contribution in [0.25, 0.3) is 0 Å². The van der Waals surface area contributed by atoms with Gasteiger partial charge in [-0.1, -0.05) is 38.7 Å². The number of phenolic OH excluding ortho intramolecular Hbond substituents is 1. The molecular weight excluding hydrogens is 254 g/mol. The number of phenols is 1. The van der Waals surface area contributed by atoms with Crippen LogP contribution in [0.5, 0.6) is 5.75 Å². The number of hydrogen-bond donors (Lipinski definition) is 4. The zero-order valence-electron chi connectivity index (χ0n) is 12.3. The highest BCUT2D eigenvalue weighted by Crippen LogP contribution is 2.19.